The lowest BCUT2D eigenvalue weighted by molar-refractivity contribution is -0.118. The lowest BCUT2D eigenvalue weighted by Gasteiger charge is -2.05. The minimum absolute atomic E-state index is 0.129. The number of esters is 1. The first-order valence-electron chi connectivity index (χ1n) is 6.12. The highest BCUT2D eigenvalue weighted by Gasteiger charge is 2.12. The van der Waals surface area contributed by atoms with Crippen molar-refractivity contribution < 1.29 is 19.1 Å². The van der Waals surface area contributed by atoms with Gasteiger partial charge in [-0.2, -0.15) is 0 Å². The Morgan fingerprint density at radius 1 is 1.29 bits per heavy atom. The van der Waals surface area contributed by atoms with Gasteiger partial charge in [0.05, 0.1) is 13.3 Å². The van der Waals surface area contributed by atoms with E-state index in [4.69, 9.17) is 4.74 Å². The fourth-order valence-corrected chi connectivity index (χ4v) is 2.22. The van der Waals surface area contributed by atoms with Gasteiger partial charge in [-0.3, -0.25) is 10.1 Å². The molecule has 1 heterocycles. The van der Waals surface area contributed by atoms with E-state index in [-0.39, 0.29) is 12.5 Å². The molecule has 0 fully saturated rings. The number of ether oxygens (including phenoxy) is 2. The van der Waals surface area contributed by atoms with Crippen LogP contribution < -0.4 is 10.1 Å². The standard InChI is InChI=1S/C14H14N2O4S/c1-9-3-5-10(6-4-9)20-8-12(17)16-14-15-7-11(21-14)13(18)19-2/h3-7H,8H2,1-2H3,(H,15,16,17). The highest BCUT2D eigenvalue weighted by molar-refractivity contribution is 7.17. The van der Waals surface area contributed by atoms with Gasteiger partial charge in [0.25, 0.3) is 5.91 Å². The van der Waals surface area contributed by atoms with Gasteiger partial charge in [-0.1, -0.05) is 29.0 Å². The summed E-state index contributed by atoms with van der Waals surface area (Å²) < 4.78 is 9.91. The van der Waals surface area contributed by atoms with Gasteiger partial charge < -0.3 is 9.47 Å². The first kappa shape index (κ1) is 15.0. The lowest BCUT2D eigenvalue weighted by atomic mass is 10.2. The minimum atomic E-state index is -0.482. The Morgan fingerprint density at radius 2 is 2.00 bits per heavy atom. The molecule has 7 heteroatoms. The molecule has 0 saturated heterocycles. The van der Waals surface area contributed by atoms with Gasteiger partial charge in [0.1, 0.15) is 10.6 Å². The number of benzene rings is 1. The van der Waals surface area contributed by atoms with Gasteiger partial charge >= 0.3 is 5.97 Å². The molecule has 0 unspecified atom stereocenters. The molecular formula is C14H14N2O4S. The number of aryl methyl sites for hydroxylation is 1. The summed E-state index contributed by atoms with van der Waals surface area (Å²) in [5.41, 5.74) is 1.12. The van der Waals surface area contributed by atoms with Crippen LogP contribution in [0.5, 0.6) is 5.75 Å². The topological polar surface area (TPSA) is 77.5 Å². The van der Waals surface area contributed by atoms with Crippen molar-refractivity contribution in [2.24, 2.45) is 0 Å². The average molecular weight is 306 g/mol. The normalized spacial score (nSPS) is 10.0. The van der Waals surface area contributed by atoms with E-state index < -0.39 is 5.97 Å². The molecule has 110 valence electrons. The maximum Gasteiger partial charge on any atom is 0.349 e. The van der Waals surface area contributed by atoms with Crippen LogP contribution >= 0.6 is 11.3 Å². The van der Waals surface area contributed by atoms with Crippen LogP contribution in [0.2, 0.25) is 0 Å². The van der Waals surface area contributed by atoms with Crippen molar-refractivity contribution in [3.63, 3.8) is 0 Å². The van der Waals surface area contributed by atoms with E-state index in [0.717, 1.165) is 16.9 Å². The van der Waals surface area contributed by atoms with Crippen LogP contribution in [0.4, 0.5) is 5.13 Å². The molecule has 1 N–H and O–H groups in total. The molecule has 0 saturated carbocycles. The minimum Gasteiger partial charge on any atom is -0.484 e. The van der Waals surface area contributed by atoms with Gasteiger partial charge in [-0.25, -0.2) is 9.78 Å². The van der Waals surface area contributed by atoms with E-state index in [1.54, 1.807) is 12.1 Å². The molecule has 0 aliphatic rings. The number of amides is 1. The molecule has 1 amide bonds. The number of thiazole rings is 1. The molecule has 1 aromatic heterocycles. The number of hydrogen-bond acceptors (Lipinski definition) is 6. The van der Waals surface area contributed by atoms with E-state index in [2.05, 4.69) is 15.0 Å². The first-order valence-corrected chi connectivity index (χ1v) is 6.93. The van der Waals surface area contributed by atoms with Crippen LogP contribution in [0.1, 0.15) is 15.2 Å². The van der Waals surface area contributed by atoms with Crippen LogP contribution in [-0.2, 0) is 9.53 Å². The van der Waals surface area contributed by atoms with Crippen LogP contribution in [0.25, 0.3) is 0 Å². The summed E-state index contributed by atoms with van der Waals surface area (Å²) in [5, 5.41) is 2.89. The Bertz CT molecular complexity index is 637. The first-order chi connectivity index (χ1) is 10.1. The zero-order chi connectivity index (χ0) is 15.2. The average Bonchev–Trinajstić information content (AvgIpc) is 2.94. The van der Waals surface area contributed by atoms with Gasteiger partial charge in [-0.15, -0.1) is 0 Å². The Hall–Kier alpha value is -2.41. The van der Waals surface area contributed by atoms with Gasteiger partial charge in [0.15, 0.2) is 11.7 Å². The second kappa shape index (κ2) is 6.85. The number of anilines is 1. The second-order valence-corrected chi connectivity index (χ2v) is 5.20. The van der Waals surface area contributed by atoms with Crippen LogP contribution in [0.15, 0.2) is 30.5 Å². The molecule has 0 aliphatic heterocycles. The molecule has 2 rings (SSSR count). The van der Waals surface area contributed by atoms with Crippen LogP contribution in [0.3, 0.4) is 0 Å². The Balaban J connectivity index is 1.85. The predicted octanol–water partition coefficient (Wildman–Crippen LogP) is 2.26. The van der Waals surface area contributed by atoms with Crippen LogP contribution in [-0.4, -0.2) is 30.6 Å². The summed E-state index contributed by atoms with van der Waals surface area (Å²) in [4.78, 5) is 27.2. The molecule has 0 radical (unpaired) electrons. The summed E-state index contributed by atoms with van der Waals surface area (Å²) in [6.45, 7) is 1.84. The summed E-state index contributed by atoms with van der Waals surface area (Å²) in [6.07, 6.45) is 1.35. The number of carbonyl (C=O) groups excluding carboxylic acids is 2. The highest BCUT2D eigenvalue weighted by atomic mass is 32.1. The third kappa shape index (κ3) is 4.28. The third-order valence-corrected chi connectivity index (χ3v) is 3.42. The van der Waals surface area contributed by atoms with E-state index in [0.29, 0.717) is 15.8 Å². The van der Waals surface area contributed by atoms with Crippen molar-refractivity contribution in [2.45, 2.75) is 6.92 Å². The van der Waals surface area contributed by atoms with Crippen molar-refractivity contribution in [1.29, 1.82) is 0 Å². The maximum absolute atomic E-state index is 11.7. The zero-order valence-electron chi connectivity index (χ0n) is 11.6. The second-order valence-electron chi connectivity index (χ2n) is 4.17. The van der Waals surface area contributed by atoms with E-state index >= 15 is 0 Å². The van der Waals surface area contributed by atoms with Crippen molar-refractivity contribution in [2.75, 3.05) is 19.0 Å². The van der Waals surface area contributed by atoms with E-state index in [1.807, 2.05) is 19.1 Å². The quantitative estimate of drug-likeness (QED) is 0.857. The predicted molar refractivity (Wildman–Crippen MR) is 78.8 cm³/mol. The number of methoxy groups -OCH3 is 1. The summed E-state index contributed by atoms with van der Waals surface area (Å²) in [5.74, 6) is -0.213. The largest absolute Gasteiger partial charge is 0.484 e. The Kier molecular flexibility index (Phi) is 4.89. The summed E-state index contributed by atoms with van der Waals surface area (Å²) in [7, 11) is 1.29. The smallest absolute Gasteiger partial charge is 0.349 e. The maximum atomic E-state index is 11.7. The number of hydrogen-bond donors (Lipinski definition) is 1. The van der Waals surface area contributed by atoms with Crippen molar-refractivity contribution in [3.8, 4) is 5.75 Å². The van der Waals surface area contributed by atoms with Gasteiger partial charge in [0, 0.05) is 0 Å². The van der Waals surface area contributed by atoms with Gasteiger partial charge in [0.2, 0.25) is 0 Å². The van der Waals surface area contributed by atoms with Gasteiger partial charge in [-0.05, 0) is 19.1 Å². The summed E-state index contributed by atoms with van der Waals surface area (Å²) in [6, 6.07) is 7.39. The number of aromatic nitrogens is 1. The summed E-state index contributed by atoms with van der Waals surface area (Å²) >= 11 is 1.04. The fourth-order valence-electron chi connectivity index (χ4n) is 1.47. The molecule has 6 nitrogen and oxygen atoms in total. The number of carbonyl (C=O) groups is 2. The molecule has 0 aliphatic carbocycles. The van der Waals surface area contributed by atoms with Crippen molar-refractivity contribution in [1.82, 2.24) is 4.98 Å². The Labute approximate surface area is 125 Å². The molecule has 2 aromatic rings. The van der Waals surface area contributed by atoms with Crippen molar-refractivity contribution >= 4 is 28.3 Å². The molecule has 21 heavy (non-hydrogen) atoms. The number of rotatable bonds is 5. The van der Waals surface area contributed by atoms with Crippen molar-refractivity contribution in [3.05, 3.63) is 40.9 Å². The SMILES string of the molecule is COC(=O)c1cnc(NC(=O)COc2ccc(C)cc2)s1. The third-order valence-electron chi connectivity index (χ3n) is 2.53. The van der Waals surface area contributed by atoms with E-state index in [1.165, 1.54) is 13.3 Å². The Morgan fingerprint density at radius 3 is 2.67 bits per heavy atom. The lowest BCUT2D eigenvalue weighted by Crippen LogP contribution is -2.19. The monoisotopic (exact) mass is 306 g/mol. The number of nitrogens with one attached hydrogen (secondary N) is 1. The molecule has 0 bridgehead atoms. The number of nitrogens with zero attached hydrogens (tertiary/aromatic N) is 1. The molecule has 0 atom stereocenters. The highest BCUT2D eigenvalue weighted by Crippen LogP contribution is 2.18. The van der Waals surface area contributed by atoms with E-state index in [9.17, 15) is 9.59 Å². The molecule has 1 aromatic carbocycles. The molecule has 0 spiro atoms. The molecular weight excluding hydrogens is 292 g/mol. The fraction of sp³-hybridized carbons (Fsp3) is 0.214. The zero-order valence-corrected chi connectivity index (χ0v) is 12.4. The van der Waals surface area contributed by atoms with Crippen LogP contribution in [0, 0.1) is 6.92 Å².